The number of carbonyl (C=O) groups excluding carboxylic acids is 3. The maximum absolute atomic E-state index is 12.2. The van der Waals surface area contributed by atoms with Gasteiger partial charge in [-0.1, -0.05) is 0 Å². The third-order valence-corrected chi connectivity index (χ3v) is 3.59. The van der Waals surface area contributed by atoms with Crippen molar-refractivity contribution in [2.45, 2.75) is 6.54 Å². The molecule has 0 aliphatic heterocycles. The summed E-state index contributed by atoms with van der Waals surface area (Å²) in [5.74, 6) is -2.11. The van der Waals surface area contributed by atoms with Gasteiger partial charge >= 0.3 is 23.2 Å². The minimum atomic E-state index is -1.05. The number of pyridine rings is 1. The van der Waals surface area contributed by atoms with Crippen molar-refractivity contribution in [1.29, 1.82) is 0 Å². The summed E-state index contributed by atoms with van der Waals surface area (Å²) in [6, 6.07) is 6.53. The van der Waals surface area contributed by atoms with Crippen molar-refractivity contribution in [1.82, 2.24) is 4.57 Å². The number of amides is 1. The minimum absolute atomic E-state index is 0.246. The minimum Gasteiger partial charge on any atom is -0.465 e. The van der Waals surface area contributed by atoms with Crippen LogP contribution in [0.2, 0.25) is 0 Å². The molecule has 0 aliphatic carbocycles. The number of hydrogen-bond acceptors (Lipinski definition) is 8. The summed E-state index contributed by atoms with van der Waals surface area (Å²) in [4.78, 5) is 57.4. The average Bonchev–Trinajstić information content (AvgIpc) is 2.68. The van der Waals surface area contributed by atoms with Crippen LogP contribution in [0, 0.1) is 10.1 Å². The molecule has 2 aromatic rings. The van der Waals surface area contributed by atoms with Gasteiger partial charge in [-0.15, -0.1) is 0 Å². The Morgan fingerprint density at radius 3 is 2.18 bits per heavy atom. The summed E-state index contributed by atoms with van der Waals surface area (Å²) < 4.78 is 9.79. The molecule has 11 heteroatoms. The Hall–Kier alpha value is -4.02. The maximum atomic E-state index is 12.2. The lowest BCUT2D eigenvalue weighted by molar-refractivity contribution is -0.386. The van der Waals surface area contributed by atoms with Gasteiger partial charge in [-0.05, 0) is 24.3 Å². The number of nitrogens with one attached hydrogen (secondary N) is 1. The van der Waals surface area contributed by atoms with Crippen LogP contribution < -0.4 is 10.9 Å². The first-order chi connectivity index (χ1) is 13.3. The van der Waals surface area contributed by atoms with E-state index in [1.807, 2.05) is 0 Å². The lowest BCUT2D eigenvalue weighted by Crippen LogP contribution is -2.29. The van der Waals surface area contributed by atoms with Crippen LogP contribution in [-0.2, 0) is 20.8 Å². The highest BCUT2D eigenvalue weighted by molar-refractivity contribution is 5.93. The van der Waals surface area contributed by atoms with Crippen molar-refractivity contribution in [3.63, 3.8) is 0 Å². The van der Waals surface area contributed by atoms with Crippen molar-refractivity contribution in [3.05, 3.63) is 68.1 Å². The molecule has 11 nitrogen and oxygen atoms in total. The number of carbonyl (C=O) groups is 3. The molecule has 0 saturated heterocycles. The molecule has 0 radical (unpaired) electrons. The van der Waals surface area contributed by atoms with E-state index >= 15 is 0 Å². The highest BCUT2D eigenvalue weighted by Gasteiger charge is 2.21. The third-order valence-electron chi connectivity index (χ3n) is 3.59. The summed E-state index contributed by atoms with van der Waals surface area (Å²) in [7, 11) is 2.31. The standard InChI is InChI=1S/C17H15N3O8/c1-27-16(23)10-3-5-12(6-4-10)18-14(21)9-19-8-11(17(24)28-2)7-13(15(19)22)20(25)26/h3-8H,9H2,1-2H3,(H,18,21). The van der Waals surface area contributed by atoms with Gasteiger partial charge in [0.2, 0.25) is 5.91 Å². The van der Waals surface area contributed by atoms with Gasteiger partial charge in [-0.2, -0.15) is 0 Å². The average molecular weight is 389 g/mol. The van der Waals surface area contributed by atoms with E-state index in [1.165, 1.54) is 31.4 Å². The number of benzene rings is 1. The zero-order valence-electron chi connectivity index (χ0n) is 14.8. The van der Waals surface area contributed by atoms with Crippen LogP contribution in [0.1, 0.15) is 20.7 Å². The largest absolute Gasteiger partial charge is 0.465 e. The Morgan fingerprint density at radius 2 is 1.64 bits per heavy atom. The lowest BCUT2D eigenvalue weighted by Gasteiger charge is -2.09. The molecule has 0 fully saturated rings. The SMILES string of the molecule is COC(=O)c1ccc(NC(=O)Cn2cc(C(=O)OC)cc([N+](=O)[O-])c2=O)cc1. The maximum Gasteiger partial charge on any atom is 0.339 e. The fourth-order valence-corrected chi connectivity index (χ4v) is 2.26. The summed E-state index contributed by atoms with van der Waals surface area (Å²) >= 11 is 0. The second-order valence-corrected chi connectivity index (χ2v) is 5.41. The Kier molecular flexibility index (Phi) is 6.22. The van der Waals surface area contributed by atoms with Crippen LogP contribution in [-0.4, -0.2) is 41.6 Å². The summed E-state index contributed by atoms with van der Waals surface area (Å²) in [5.41, 5.74) is -1.56. The van der Waals surface area contributed by atoms with Crippen LogP contribution in [0.3, 0.4) is 0 Å². The topological polar surface area (TPSA) is 147 Å². The third kappa shape index (κ3) is 4.58. The van der Waals surface area contributed by atoms with Gasteiger partial charge in [0.05, 0.1) is 30.3 Å². The Bertz CT molecular complexity index is 994. The first kappa shape index (κ1) is 20.3. The van der Waals surface area contributed by atoms with E-state index in [4.69, 9.17) is 0 Å². The molecule has 1 heterocycles. The van der Waals surface area contributed by atoms with Gasteiger partial charge in [0, 0.05) is 18.0 Å². The number of aromatic nitrogens is 1. The lowest BCUT2D eigenvalue weighted by atomic mass is 10.2. The molecule has 0 unspecified atom stereocenters. The van der Waals surface area contributed by atoms with E-state index in [-0.39, 0.29) is 11.1 Å². The van der Waals surface area contributed by atoms with E-state index in [9.17, 15) is 29.3 Å². The smallest absolute Gasteiger partial charge is 0.339 e. The Balaban J connectivity index is 2.24. The second-order valence-electron chi connectivity index (χ2n) is 5.41. The molecule has 2 rings (SSSR count). The van der Waals surface area contributed by atoms with Crippen LogP contribution >= 0.6 is 0 Å². The van der Waals surface area contributed by atoms with Crippen molar-refractivity contribution in [2.75, 3.05) is 19.5 Å². The molecule has 1 aromatic carbocycles. The van der Waals surface area contributed by atoms with Crippen molar-refractivity contribution in [2.24, 2.45) is 0 Å². The predicted molar refractivity (Wildman–Crippen MR) is 95.1 cm³/mol. The summed E-state index contributed by atoms with van der Waals surface area (Å²) in [6.07, 6.45) is 1.00. The monoisotopic (exact) mass is 389 g/mol. The molecule has 0 atom stereocenters. The number of rotatable bonds is 6. The molecule has 0 spiro atoms. The number of methoxy groups -OCH3 is 2. The number of nitrogens with zero attached hydrogens (tertiary/aromatic N) is 2. The van der Waals surface area contributed by atoms with Crippen LogP contribution in [0.5, 0.6) is 0 Å². The van der Waals surface area contributed by atoms with Crippen molar-refractivity contribution in [3.8, 4) is 0 Å². The molecule has 1 aromatic heterocycles. The Labute approximate surface area is 157 Å². The number of esters is 2. The van der Waals surface area contributed by atoms with Crippen LogP contribution in [0.25, 0.3) is 0 Å². The van der Waals surface area contributed by atoms with Gasteiger partial charge < -0.3 is 14.8 Å². The summed E-state index contributed by atoms with van der Waals surface area (Å²) in [5, 5.41) is 13.5. The Morgan fingerprint density at radius 1 is 1.07 bits per heavy atom. The zero-order valence-corrected chi connectivity index (χ0v) is 14.8. The number of nitro groups is 1. The van der Waals surface area contributed by atoms with Gasteiger partial charge in [-0.25, -0.2) is 9.59 Å². The molecule has 0 aliphatic rings. The van der Waals surface area contributed by atoms with Gasteiger partial charge in [0.15, 0.2) is 0 Å². The second kappa shape index (κ2) is 8.58. The molecule has 1 amide bonds. The van der Waals surface area contributed by atoms with Crippen LogP contribution in [0.4, 0.5) is 11.4 Å². The molecule has 146 valence electrons. The van der Waals surface area contributed by atoms with E-state index in [0.717, 1.165) is 23.9 Å². The molecule has 0 bridgehead atoms. The van der Waals surface area contributed by atoms with E-state index in [2.05, 4.69) is 14.8 Å². The number of hydrogen-bond donors (Lipinski definition) is 1. The normalized spacial score (nSPS) is 10.1. The van der Waals surface area contributed by atoms with Gasteiger partial charge in [-0.3, -0.25) is 24.3 Å². The van der Waals surface area contributed by atoms with E-state index in [1.54, 1.807) is 0 Å². The fourth-order valence-electron chi connectivity index (χ4n) is 2.26. The first-order valence-electron chi connectivity index (χ1n) is 7.72. The molecular formula is C17H15N3O8. The highest BCUT2D eigenvalue weighted by atomic mass is 16.6. The zero-order chi connectivity index (χ0) is 20.8. The fraction of sp³-hybridized carbons (Fsp3) is 0.176. The first-order valence-corrected chi connectivity index (χ1v) is 7.72. The van der Waals surface area contributed by atoms with Crippen molar-refractivity contribution < 1.29 is 28.8 Å². The quantitative estimate of drug-likeness (QED) is 0.437. The highest BCUT2D eigenvalue weighted by Crippen LogP contribution is 2.12. The predicted octanol–water partition coefficient (Wildman–Crippen LogP) is 0.968. The van der Waals surface area contributed by atoms with Gasteiger partial charge in [0.25, 0.3) is 0 Å². The van der Waals surface area contributed by atoms with Gasteiger partial charge in [0.1, 0.15) is 6.54 Å². The molecular weight excluding hydrogens is 374 g/mol. The molecule has 0 saturated carbocycles. The van der Waals surface area contributed by atoms with E-state index in [0.29, 0.717) is 5.69 Å². The molecule has 28 heavy (non-hydrogen) atoms. The van der Waals surface area contributed by atoms with E-state index < -0.39 is 40.6 Å². The summed E-state index contributed by atoms with van der Waals surface area (Å²) in [6.45, 7) is -0.580. The van der Waals surface area contributed by atoms with Crippen molar-refractivity contribution >= 4 is 29.2 Å². The number of anilines is 1. The number of ether oxygens (including phenoxy) is 2. The molecule has 1 N–H and O–H groups in total. The van der Waals surface area contributed by atoms with Crippen LogP contribution in [0.15, 0.2) is 41.3 Å².